The van der Waals surface area contributed by atoms with E-state index in [9.17, 15) is 10.0 Å². The fourth-order valence-electron chi connectivity index (χ4n) is 2.58. The Bertz CT molecular complexity index is 709. The van der Waals surface area contributed by atoms with Crippen LogP contribution in [0.2, 0.25) is 0 Å². The van der Waals surface area contributed by atoms with Crippen LogP contribution in [0.4, 0.5) is 4.79 Å². The fraction of sp³-hybridized carbons (Fsp3) is 0.250. The van der Waals surface area contributed by atoms with Gasteiger partial charge in [0.15, 0.2) is 0 Å². The first-order chi connectivity index (χ1) is 10.6. The highest BCUT2D eigenvalue weighted by Crippen LogP contribution is 2.33. The number of nitrogens with zero attached hydrogens (tertiary/aromatic N) is 2. The number of hydrogen-bond donors (Lipinski definition) is 2. The summed E-state index contributed by atoms with van der Waals surface area (Å²) in [5, 5.41) is 9.97. The molecule has 0 saturated carbocycles. The Morgan fingerprint density at radius 1 is 1.45 bits per heavy atom. The number of hydroxylamine groups is 2. The number of thiophene rings is 1. The number of fused-ring (bicyclic) bond motifs is 1. The van der Waals surface area contributed by atoms with Crippen LogP contribution < -0.4 is 5.73 Å². The summed E-state index contributed by atoms with van der Waals surface area (Å²) in [6.45, 7) is 0.138. The minimum absolute atomic E-state index is 0.138. The Morgan fingerprint density at radius 3 is 3.05 bits per heavy atom. The highest BCUT2D eigenvalue weighted by atomic mass is 32.1. The maximum Gasteiger partial charge on any atom is 0.338 e. The Balaban J connectivity index is 1.75. The number of rotatable bonds is 4. The Morgan fingerprint density at radius 2 is 2.32 bits per heavy atom. The quantitative estimate of drug-likeness (QED) is 0.672. The van der Waals surface area contributed by atoms with Crippen LogP contribution in [0.1, 0.15) is 27.3 Å². The van der Waals surface area contributed by atoms with E-state index in [1.807, 2.05) is 18.3 Å². The van der Waals surface area contributed by atoms with Gasteiger partial charge < -0.3 is 5.73 Å². The maximum absolute atomic E-state index is 10.9. The second-order valence-electron chi connectivity index (χ2n) is 5.34. The Hall–Kier alpha value is -2.18. The highest BCUT2D eigenvalue weighted by Gasteiger charge is 2.16. The van der Waals surface area contributed by atoms with Crippen LogP contribution in [0.25, 0.3) is 6.08 Å². The zero-order valence-corrected chi connectivity index (χ0v) is 12.8. The lowest BCUT2D eigenvalue weighted by atomic mass is 9.94. The van der Waals surface area contributed by atoms with Crippen LogP contribution >= 0.6 is 11.3 Å². The zero-order chi connectivity index (χ0) is 15.5. The van der Waals surface area contributed by atoms with Gasteiger partial charge in [0, 0.05) is 22.1 Å². The largest absolute Gasteiger partial charge is 0.350 e. The van der Waals surface area contributed by atoms with Crippen molar-refractivity contribution >= 4 is 23.4 Å². The number of carbonyl (C=O) groups is 1. The van der Waals surface area contributed by atoms with E-state index >= 15 is 0 Å². The summed E-state index contributed by atoms with van der Waals surface area (Å²) in [7, 11) is 0. The summed E-state index contributed by atoms with van der Waals surface area (Å²) >= 11 is 1.59. The molecule has 3 N–H and O–H groups in total. The number of primary amides is 1. The predicted octanol–water partition coefficient (Wildman–Crippen LogP) is 2.99. The standard InChI is InChI=1S/C16H17N3O2S/c17-16(20)19(21)10-14-8-13-4-3-11(7-15(13)22-14)6-12-2-1-5-18-9-12/h1-2,5,7-9,21H,3-4,6,10H2,(H2,17,20). The first kappa shape index (κ1) is 14.7. The second-order valence-corrected chi connectivity index (χ2v) is 6.51. The van der Waals surface area contributed by atoms with E-state index in [4.69, 9.17) is 5.73 Å². The van der Waals surface area contributed by atoms with Crippen LogP contribution in [0.15, 0.2) is 36.2 Å². The highest BCUT2D eigenvalue weighted by molar-refractivity contribution is 7.13. The summed E-state index contributed by atoms with van der Waals surface area (Å²) in [4.78, 5) is 17.2. The van der Waals surface area contributed by atoms with Gasteiger partial charge in [0.05, 0.1) is 6.54 Å². The zero-order valence-electron chi connectivity index (χ0n) is 12.0. The predicted molar refractivity (Wildman–Crippen MR) is 85.5 cm³/mol. The number of pyridine rings is 1. The molecule has 2 aromatic heterocycles. The third-order valence-electron chi connectivity index (χ3n) is 3.66. The van der Waals surface area contributed by atoms with Gasteiger partial charge in [0.1, 0.15) is 0 Å². The smallest absolute Gasteiger partial charge is 0.338 e. The number of aromatic nitrogens is 1. The van der Waals surface area contributed by atoms with Crippen molar-refractivity contribution in [3.63, 3.8) is 0 Å². The van der Waals surface area contributed by atoms with Crippen molar-refractivity contribution in [1.29, 1.82) is 0 Å². The molecule has 2 heterocycles. The summed E-state index contributed by atoms with van der Waals surface area (Å²) in [5.41, 5.74) is 8.90. The first-order valence-electron chi connectivity index (χ1n) is 7.07. The summed E-state index contributed by atoms with van der Waals surface area (Å²) in [6, 6.07) is 5.25. The van der Waals surface area contributed by atoms with Gasteiger partial charge in [0.25, 0.3) is 0 Å². The number of allylic oxidation sites excluding steroid dienone is 1. The van der Waals surface area contributed by atoms with Crippen molar-refractivity contribution in [2.75, 3.05) is 0 Å². The first-order valence-corrected chi connectivity index (χ1v) is 7.89. The molecule has 0 atom stereocenters. The molecule has 0 unspecified atom stereocenters. The number of carbonyl (C=O) groups excluding carboxylic acids is 1. The lowest BCUT2D eigenvalue weighted by Crippen LogP contribution is -2.31. The third kappa shape index (κ3) is 3.35. The SMILES string of the molecule is NC(=O)N(O)Cc1cc2c(s1)C=C(Cc1cccnc1)CC2. The molecule has 114 valence electrons. The van der Waals surface area contributed by atoms with Crippen molar-refractivity contribution in [1.82, 2.24) is 10.0 Å². The molecule has 0 spiro atoms. The molecule has 2 aromatic rings. The van der Waals surface area contributed by atoms with Gasteiger partial charge in [-0.1, -0.05) is 11.6 Å². The molecule has 0 fully saturated rings. The monoisotopic (exact) mass is 315 g/mol. The number of hydrogen-bond acceptors (Lipinski definition) is 4. The van der Waals surface area contributed by atoms with Crippen LogP contribution in [0.5, 0.6) is 0 Å². The second kappa shape index (κ2) is 6.29. The van der Waals surface area contributed by atoms with Crippen molar-refractivity contribution in [2.45, 2.75) is 25.8 Å². The molecule has 1 aliphatic carbocycles. The van der Waals surface area contributed by atoms with E-state index in [1.165, 1.54) is 21.6 Å². The molecular formula is C16H17N3O2S. The summed E-state index contributed by atoms with van der Waals surface area (Å²) in [5.74, 6) is 0. The van der Waals surface area contributed by atoms with Gasteiger partial charge in [0.2, 0.25) is 0 Å². The van der Waals surface area contributed by atoms with E-state index in [0.717, 1.165) is 24.1 Å². The van der Waals surface area contributed by atoms with E-state index < -0.39 is 6.03 Å². The molecular weight excluding hydrogens is 298 g/mol. The number of nitrogens with two attached hydrogens (primary N) is 1. The van der Waals surface area contributed by atoms with Crippen molar-refractivity contribution < 1.29 is 10.0 Å². The van der Waals surface area contributed by atoms with Crippen molar-refractivity contribution in [3.8, 4) is 0 Å². The van der Waals surface area contributed by atoms with E-state index in [1.54, 1.807) is 17.5 Å². The normalized spacial score (nSPS) is 13.4. The lowest BCUT2D eigenvalue weighted by molar-refractivity contribution is -0.0462. The van der Waals surface area contributed by atoms with Gasteiger partial charge in [-0.05, 0) is 48.6 Å². The van der Waals surface area contributed by atoms with Crippen molar-refractivity contribution in [3.05, 3.63) is 57.0 Å². The molecule has 6 heteroatoms. The number of urea groups is 1. The average Bonchev–Trinajstić information content (AvgIpc) is 2.89. The summed E-state index contributed by atoms with van der Waals surface area (Å²) < 4.78 is 0. The van der Waals surface area contributed by atoms with Gasteiger partial charge in [-0.25, -0.2) is 9.86 Å². The van der Waals surface area contributed by atoms with Crippen LogP contribution in [-0.4, -0.2) is 21.3 Å². The molecule has 0 aromatic carbocycles. The van der Waals surface area contributed by atoms with Gasteiger partial charge in [-0.15, -0.1) is 11.3 Å². The third-order valence-corrected chi connectivity index (χ3v) is 4.77. The molecule has 1 aliphatic rings. The fourth-order valence-corrected chi connectivity index (χ4v) is 3.77. The van der Waals surface area contributed by atoms with E-state index in [-0.39, 0.29) is 6.54 Å². The minimum Gasteiger partial charge on any atom is -0.350 e. The molecule has 0 aliphatic heterocycles. The molecule has 3 rings (SSSR count). The Labute approximate surface area is 132 Å². The van der Waals surface area contributed by atoms with Crippen molar-refractivity contribution in [2.24, 2.45) is 5.73 Å². The number of amides is 2. The Kier molecular flexibility index (Phi) is 4.22. The molecule has 22 heavy (non-hydrogen) atoms. The molecule has 0 saturated heterocycles. The lowest BCUT2D eigenvalue weighted by Gasteiger charge is -2.13. The minimum atomic E-state index is -0.834. The van der Waals surface area contributed by atoms with Crippen LogP contribution in [-0.2, 0) is 19.4 Å². The van der Waals surface area contributed by atoms with Crippen LogP contribution in [0, 0.1) is 0 Å². The maximum atomic E-state index is 10.9. The van der Waals surface area contributed by atoms with Crippen LogP contribution in [0.3, 0.4) is 0 Å². The molecule has 0 radical (unpaired) electrons. The summed E-state index contributed by atoms with van der Waals surface area (Å²) in [6.07, 6.45) is 8.81. The van der Waals surface area contributed by atoms with Gasteiger partial charge >= 0.3 is 6.03 Å². The van der Waals surface area contributed by atoms with E-state index in [0.29, 0.717) is 5.06 Å². The topological polar surface area (TPSA) is 79.5 Å². The average molecular weight is 315 g/mol. The van der Waals surface area contributed by atoms with Gasteiger partial charge in [-0.3, -0.25) is 10.2 Å². The number of aryl methyl sites for hydroxylation is 1. The molecule has 0 bridgehead atoms. The molecule has 5 nitrogen and oxygen atoms in total. The van der Waals surface area contributed by atoms with Gasteiger partial charge in [-0.2, -0.15) is 0 Å². The van der Waals surface area contributed by atoms with E-state index in [2.05, 4.69) is 17.1 Å². The molecule has 2 amide bonds.